The summed E-state index contributed by atoms with van der Waals surface area (Å²) in [6.07, 6.45) is 3.47. The van der Waals surface area contributed by atoms with E-state index in [2.05, 4.69) is 15.0 Å². The van der Waals surface area contributed by atoms with E-state index < -0.39 is 0 Å². The van der Waals surface area contributed by atoms with Gasteiger partial charge in [0.2, 0.25) is 5.95 Å². The molecule has 0 aromatic carbocycles. The molecule has 0 amide bonds. The van der Waals surface area contributed by atoms with E-state index in [0.717, 1.165) is 11.2 Å². The molecule has 0 radical (unpaired) electrons. The third kappa shape index (κ3) is 1.71. The number of hydrogen-bond donors (Lipinski definition) is 1. The Morgan fingerprint density at radius 1 is 1.50 bits per heavy atom. The van der Waals surface area contributed by atoms with Crippen LogP contribution in [0.5, 0.6) is 0 Å². The number of imidazole rings is 1. The molecule has 0 saturated carbocycles. The minimum atomic E-state index is 0.214. The molecule has 0 aliphatic heterocycles. The molecule has 0 bridgehead atoms. The number of likely N-dealkylation sites (N-methyl/N-ethyl adjacent to an activating group) is 1. The Morgan fingerprint density at radius 3 is 2.94 bits per heavy atom. The number of nitrogens with zero attached hydrogens (tertiary/aromatic N) is 5. The number of rotatable bonds is 3. The third-order valence-electron chi connectivity index (χ3n) is 2.76. The van der Waals surface area contributed by atoms with Crippen molar-refractivity contribution in [2.45, 2.75) is 13.0 Å². The van der Waals surface area contributed by atoms with E-state index in [1.165, 1.54) is 0 Å². The van der Waals surface area contributed by atoms with Gasteiger partial charge in [0.05, 0.1) is 12.5 Å². The monoisotopic (exact) mass is 220 g/mol. The standard InChI is InChI=1S/C10H16N6/c1-7(4-11)16(3)10-12-5-8-9(14-10)15(2)6-13-8/h5-7H,4,11H2,1-3H3. The van der Waals surface area contributed by atoms with Crippen molar-refractivity contribution in [2.75, 3.05) is 18.5 Å². The quantitative estimate of drug-likeness (QED) is 0.797. The number of aromatic nitrogens is 4. The summed E-state index contributed by atoms with van der Waals surface area (Å²) < 4.78 is 1.88. The van der Waals surface area contributed by atoms with E-state index in [0.29, 0.717) is 12.5 Å². The van der Waals surface area contributed by atoms with Crippen LogP contribution in [0.1, 0.15) is 6.92 Å². The molecule has 86 valence electrons. The number of hydrogen-bond acceptors (Lipinski definition) is 5. The zero-order chi connectivity index (χ0) is 11.7. The van der Waals surface area contributed by atoms with Crippen molar-refractivity contribution in [3.05, 3.63) is 12.5 Å². The van der Waals surface area contributed by atoms with Crippen LogP contribution in [0, 0.1) is 0 Å². The zero-order valence-corrected chi connectivity index (χ0v) is 9.75. The molecule has 0 spiro atoms. The molecule has 0 aliphatic carbocycles. The number of fused-ring (bicyclic) bond motifs is 1. The second-order valence-corrected chi connectivity index (χ2v) is 3.93. The largest absolute Gasteiger partial charge is 0.340 e. The van der Waals surface area contributed by atoms with E-state index in [1.54, 1.807) is 12.5 Å². The van der Waals surface area contributed by atoms with Crippen molar-refractivity contribution in [2.24, 2.45) is 12.8 Å². The van der Waals surface area contributed by atoms with Crippen LogP contribution >= 0.6 is 0 Å². The van der Waals surface area contributed by atoms with Crippen molar-refractivity contribution in [3.63, 3.8) is 0 Å². The smallest absolute Gasteiger partial charge is 0.227 e. The highest BCUT2D eigenvalue weighted by Gasteiger charge is 2.12. The molecule has 0 saturated heterocycles. The first-order valence-electron chi connectivity index (χ1n) is 5.20. The molecule has 2 heterocycles. The Kier molecular flexibility index (Phi) is 2.74. The zero-order valence-electron chi connectivity index (χ0n) is 9.75. The molecule has 6 heteroatoms. The van der Waals surface area contributed by atoms with Gasteiger partial charge in [-0.25, -0.2) is 9.97 Å². The summed E-state index contributed by atoms with van der Waals surface area (Å²) in [5.74, 6) is 0.675. The third-order valence-corrected chi connectivity index (χ3v) is 2.76. The van der Waals surface area contributed by atoms with E-state index in [4.69, 9.17) is 5.73 Å². The normalized spacial score (nSPS) is 13.0. The van der Waals surface area contributed by atoms with Crippen LogP contribution in [-0.2, 0) is 7.05 Å². The second-order valence-electron chi connectivity index (χ2n) is 3.93. The van der Waals surface area contributed by atoms with Gasteiger partial charge in [0.15, 0.2) is 5.65 Å². The molecule has 0 fully saturated rings. The van der Waals surface area contributed by atoms with Crippen molar-refractivity contribution in [1.29, 1.82) is 0 Å². The molecule has 2 N–H and O–H groups in total. The molecule has 2 aromatic rings. The van der Waals surface area contributed by atoms with Gasteiger partial charge in [-0.1, -0.05) is 0 Å². The minimum Gasteiger partial charge on any atom is -0.340 e. The summed E-state index contributed by atoms with van der Waals surface area (Å²) in [7, 11) is 3.85. The highest BCUT2D eigenvalue weighted by atomic mass is 15.3. The van der Waals surface area contributed by atoms with Gasteiger partial charge in [-0.15, -0.1) is 0 Å². The Morgan fingerprint density at radius 2 is 2.25 bits per heavy atom. The molecule has 16 heavy (non-hydrogen) atoms. The van der Waals surface area contributed by atoms with Crippen LogP contribution in [0.3, 0.4) is 0 Å². The van der Waals surface area contributed by atoms with Gasteiger partial charge < -0.3 is 15.2 Å². The number of anilines is 1. The average Bonchev–Trinajstić information content (AvgIpc) is 2.68. The molecule has 0 aliphatic rings. The predicted octanol–water partition coefficient (Wildman–Crippen LogP) is 0.147. The topological polar surface area (TPSA) is 72.9 Å². The van der Waals surface area contributed by atoms with Crippen molar-refractivity contribution in [1.82, 2.24) is 19.5 Å². The van der Waals surface area contributed by atoms with E-state index in [1.807, 2.05) is 30.5 Å². The molecule has 2 rings (SSSR count). The maximum absolute atomic E-state index is 5.62. The van der Waals surface area contributed by atoms with Crippen LogP contribution in [0.4, 0.5) is 5.95 Å². The van der Waals surface area contributed by atoms with Crippen molar-refractivity contribution in [3.8, 4) is 0 Å². The molecule has 6 nitrogen and oxygen atoms in total. The van der Waals surface area contributed by atoms with Gasteiger partial charge in [0.1, 0.15) is 5.52 Å². The summed E-state index contributed by atoms with van der Waals surface area (Å²) in [6.45, 7) is 2.61. The lowest BCUT2D eigenvalue weighted by molar-refractivity contribution is 0.678. The molecule has 2 aromatic heterocycles. The fourth-order valence-corrected chi connectivity index (χ4v) is 1.44. The summed E-state index contributed by atoms with van der Waals surface area (Å²) in [5.41, 5.74) is 7.26. The van der Waals surface area contributed by atoms with Crippen molar-refractivity contribution < 1.29 is 0 Å². The molecular weight excluding hydrogens is 204 g/mol. The van der Waals surface area contributed by atoms with Gasteiger partial charge in [0.25, 0.3) is 0 Å². The predicted molar refractivity (Wildman–Crippen MR) is 63.2 cm³/mol. The SMILES string of the molecule is CC(CN)N(C)c1ncc2ncn(C)c2n1. The summed E-state index contributed by atoms with van der Waals surface area (Å²) in [4.78, 5) is 14.9. The van der Waals surface area contributed by atoms with Gasteiger partial charge in [-0.3, -0.25) is 0 Å². The number of nitrogens with two attached hydrogens (primary N) is 1. The van der Waals surface area contributed by atoms with Gasteiger partial charge >= 0.3 is 0 Å². The average molecular weight is 220 g/mol. The fraction of sp³-hybridized carbons (Fsp3) is 0.500. The second kappa shape index (κ2) is 4.05. The maximum Gasteiger partial charge on any atom is 0.227 e. The van der Waals surface area contributed by atoms with Crippen molar-refractivity contribution >= 4 is 17.1 Å². The summed E-state index contributed by atoms with van der Waals surface area (Å²) in [6, 6.07) is 0.214. The van der Waals surface area contributed by atoms with Crippen LogP contribution in [-0.4, -0.2) is 39.2 Å². The van der Waals surface area contributed by atoms with E-state index in [9.17, 15) is 0 Å². The molecular formula is C10H16N6. The van der Waals surface area contributed by atoms with Crippen LogP contribution in [0.25, 0.3) is 11.2 Å². The Bertz CT molecular complexity index is 491. The molecule has 1 atom stereocenters. The number of aryl methyl sites for hydroxylation is 1. The minimum absolute atomic E-state index is 0.214. The lowest BCUT2D eigenvalue weighted by Gasteiger charge is -2.23. The molecule has 1 unspecified atom stereocenters. The first-order chi connectivity index (χ1) is 7.63. The van der Waals surface area contributed by atoms with Gasteiger partial charge in [0, 0.05) is 26.7 Å². The summed E-state index contributed by atoms with van der Waals surface area (Å²) >= 11 is 0. The van der Waals surface area contributed by atoms with E-state index >= 15 is 0 Å². The lowest BCUT2D eigenvalue weighted by Crippen LogP contribution is -2.36. The van der Waals surface area contributed by atoms with Gasteiger partial charge in [-0.05, 0) is 6.92 Å². The summed E-state index contributed by atoms with van der Waals surface area (Å²) in [5, 5.41) is 0. The lowest BCUT2D eigenvalue weighted by atomic mass is 10.3. The highest BCUT2D eigenvalue weighted by Crippen LogP contribution is 2.13. The highest BCUT2D eigenvalue weighted by molar-refractivity contribution is 5.70. The Hall–Kier alpha value is -1.69. The maximum atomic E-state index is 5.62. The van der Waals surface area contributed by atoms with Crippen LogP contribution in [0.15, 0.2) is 12.5 Å². The van der Waals surface area contributed by atoms with Gasteiger partial charge in [-0.2, -0.15) is 4.98 Å². The first kappa shape index (κ1) is 10.8. The Balaban J connectivity index is 2.41. The van der Waals surface area contributed by atoms with E-state index in [-0.39, 0.29) is 6.04 Å². The van der Waals surface area contributed by atoms with Crippen LogP contribution in [0.2, 0.25) is 0 Å². The first-order valence-corrected chi connectivity index (χ1v) is 5.20. The fourth-order valence-electron chi connectivity index (χ4n) is 1.44. The Labute approximate surface area is 94.1 Å². The van der Waals surface area contributed by atoms with Crippen LogP contribution < -0.4 is 10.6 Å².